The molecular formula is C13H20N2O2S. The van der Waals surface area contributed by atoms with E-state index < -0.39 is 0 Å². The Morgan fingerprint density at radius 3 is 3.11 bits per heavy atom. The predicted octanol–water partition coefficient (Wildman–Crippen LogP) is 1.65. The highest BCUT2D eigenvalue weighted by Crippen LogP contribution is 2.26. The van der Waals surface area contributed by atoms with Crippen molar-refractivity contribution in [3.8, 4) is 0 Å². The first-order valence-electron chi connectivity index (χ1n) is 6.29. The fraction of sp³-hybridized carbons (Fsp3) is 0.615. The Morgan fingerprint density at radius 2 is 2.44 bits per heavy atom. The molecule has 0 unspecified atom stereocenters. The number of ether oxygens (including phenoxy) is 1. The summed E-state index contributed by atoms with van der Waals surface area (Å²) in [6.45, 7) is 4.66. The summed E-state index contributed by atoms with van der Waals surface area (Å²) in [7, 11) is 1.68. The van der Waals surface area contributed by atoms with Crippen molar-refractivity contribution in [3.63, 3.8) is 0 Å². The molecule has 1 aliphatic heterocycles. The van der Waals surface area contributed by atoms with Crippen LogP contribution in [0.15, 0.2) is 16.8 Å². The monoisotopic (exact) mass is 268 g/mol. The van der Waals surface area contributed by atoms with E-state index in [4.69, 9.17) is 4.74 Å². The summed E-state index contributed by atoms with van der Waals surface area (Å²) in [4.78, 5) is 13.6. The molecule has 1 aromatic rings. The number of hydrogen-bond acceptors (Lipinski definition) is 4. The van der Waals surface area contributed by atoms with Gasteiger partial charge in [0.25, 0.3) is 0 Å². The summed E-state index contributed by atoms with van der Waals surface area (Å²) >= 11 is 1.69. The topological polar surface area (TPSA) is 41.6 Å². The van der Waals surface area contributed by atoms with Crippen LogP contribution in [-0.4, -0.2) is 43.6 Å². The Labute approximate surface area is 112 Å². The van der Waals surface area contributed by atoms with Gasteiger partial charge in [0, 0.05) is 33.1 Å². The number of amides is 1. The van der Waals surface area contributed by atoms with Crippen molar-refractivity contribution in [2.75, 3.05) is 26.7 Å². The largest absolute Gasteiger partial charge is 0.368 e. The number of hydrogen-bond donors (Lipinski definition) is 1. The molecule has 0 aliphatic carbocycles. The second-order valence-corrected chi connectivity index (χ2v) is 5.45. The molecule has 0 aromatic carbocycles. The maximum atomic E-state index is 11.3. The number of thiophene rings is 1. The lowest BCUT2D eigenvalue weighted by Gasteiger charge is -2.36. The van der Waals surface area contributed by atoms with Crippen LogP contribution in [0.5, 0.6) is 0 Å². The molecule has 18 heavy (non-hydrogen) atoms. The van der Waals surface area contributed by atoms with Crippen molar-refractivity contribution >= 4 is 17.2 Å². The van der Waals surface area contributed by atoms with Gasteiger partial charge in [0.15, 0.2) is 0 Å². The second-order valence-electron chi connectivity index (χ2n) is 4.67. The van der Waals surface area contributed by atoms with E-state index in [0.29, 0.717) is 6.42 Å². The van der Waals surface area contributed by atoms with E-state index in [-0.39, 0.29) is 18.1 Å². The maximum Gasteiger partial charge on any atom is 0.221 e. The van der Waals surface area contributed by atoms with Crippen molar-refractivity contribution in [2.45, 2.75) is 25.6 Å². The van der Waals surface area contributed by atoms with Gasteiger partial charge in [-0.1, -0.05) is 0 Å². The average molecular weight is 268 g/mol. The van der Waals surface area contributed by atoms with Gasteiger partial charge in [-0.3, -0.25) is 9.69 Å². The zero-order chi connectivity index (χ0) is 13.0. The minimum absolute atomic E-state index is 0.0984. The lowest BCUT2D eigenvalue weighted by molar-refractivity contribution is -0.122. The third-order valence-corrected chi connectivity index (χ3v) is 3.89. The Balaban J connectivity index is 1.90. The Bertz CT molecular complexity index is 380. The summed E-state index contributed by atoms with van der Waals surface area (Å²) in [6.07, 6.45) is 0.914. The van der Waals surface area contributed by atoms with Crippen LogP contribution in [0.3, 0.4) is 0 Å². The number of morpholine rings is 1. The second kappa shape index (κ2) is 6.31. The Kier molecular flexibility index (Phi) is 4.74. The van der Waals surface area contributed by atoms with Crippen molar-refractivity contribution in [1.29, 1.82) is 0 Å². The van der Waals surface area contributed by atoms with E-state index in [9.17, 15) is 4.79 Å². The van der Waals surface area contributed by atoms with Gasteiger partial charge in [0.1, 0.15) is 0 Å². The predicted molar refractivity (Wildman–Crippen MR) is 72.7 cm³/mol. The summed E-state index contributed by atoms with van der Waals surface area (Å²) in [6, 6.07) is 2.12. The highest BCUT2D eigenvalue weighted by Gasteiger charge is 2.26. The van der Waals surface area contributed by atoms with Gasteiger partial charge in [-0.05, 0) is 29.3 Å². The van der Waals surface area contributed by atoms with E-state index >= 15 is 0 Å². The molecule has 5 heteroatoms. The molecule has 0 radical (unpaired) electrons. The van der Waals surface area contributed by atoms with Crippen LogP contribution >= 0.6 is 11.3 Å². The van der Waals surface area contributed by atoms with E-state index in [0.717, 1.165) is 19.6 Å². The molecule has 1 saturated heterocycles. The van der Waals surface area contributed by atoms with Crippen LogP contribution in [0.1, 0.15) is 25.0 Å². The van der Waals surface area contributed by atoms with Crippen molar-refractivity contribution < 1.29 is 9.53 Å². The number of carbonyl (C=O) groups excluding carboxylic acids is 1. The van der Waals surface area contributed by atoms with Crippen LogP contribution in [0.25, 0.3) is 0 Å². The zero-order valence-electron chi connectivity index (χ0n) is 10.9. The van der Waals surface area contributed by atoms with Crippen molar-refractivity contribution in [3.05, 3.63) is 22.4 Å². The van der Waals surface area contributed by atoms with E-state index in [1.807, 2.05) is 0 Å². The molecule has 2 rings (SSSR count). The van der Waals surface area contributed by atoms with Gasteiger partial charge in [-0.15, -0.1) is 0 Å². The summed E-state index contributed by atoms with van der Waals surface area (Å²) in [5, 5.41) is 6.87. The molecule has 0 spiro atoms. The first-order valence-corrected chi connectivity index (χ1v) is 7.24. The number of carbonyl (C=O) groups is 1. The molecule has 0 bridgehead atoms. The van der Waals surface area contributed by atoms with Crippen LogP contribution < -0.4 is 5.32 Å². The highest BCUT2D eigenvalue weighted by molar-refractivity contribution is 7.07. The van der Waals surface area contributed by atoms with Gasteiger partial charge in [-0.25, -0.2) is 0 Å². The molecule has 1 amide bonds. The Morgan fingerprint density at radius 1 is 1.61 bits per heavy atom. The molecule has 1 N–H and O–H groups in total. The quantitative estimate of drug-likeness (QED) is 0.902. The van der Waals surface area contributed by atoms with Crippen LogP contribution in [0, 0.1) is 0 Å². The number of nitrogens with one attached hydrogen (secondary N) is 1. The Hall–Kier alpha value is -0.910. The van der Waals surface area contributed by atoms with Gasteiger partial charge >= 0.3 is 0 Å². The fourth-order valence-electron chi connectivity index (χ4n) is 2.25. The SMILES string of the molecule is CNC(=O)CCN1C[C@@H](C)O[C@@H](c2ccsc2)C1. The van der Waals surface area contributed by atoms with Gasteiger partial charge in [0.05, 0.1) is 12.2 Å². The first kappa shape index (κ1) is 13.5. The molecule has 0 saturated carbocycles. The van der Waals surface area contributed by atoms with Gasteiger partial charge in [0.2, 0.25) is 5.91 Å². The fourth-order valence-corrected chi connectivity index (χ4v) is 2.95. The number of nitrogens with zero attached hydrogens (tertiary/aromatic N) is 1. The molecular weight excluding hydrogens is 248 g/mol. The summed E-state index contributed by atoms with van der Waals surface area (Å²) < 4.78 is 5.96. The molecule has 2 heterocycles. The van der Waals surface area contributed by atoms with E-state index in [2.05, 4.69) is 34.0 Å². The minimum atomic E-state index is 0.0984. The van der Waals surface area contributed by atoms with Crippen LogP contribution in [0.4, 0.5) is 0 Å². The van der Waals surface area contributed by atoms with Gasteiger partial charge < -0.3 is 10.1 Å². The molecule has 2 atom stereocenters. The van der Waals surface area contributed by atoms with E-state index in [1.54, 1.807) is 18.4 Å². The van der Waals surface area contributed by atoms with Gasteiger partial charge in [-0.2, -0.15) is 11.3 Å². The zero-order valence-corrected chi connectivity index (χ0v) is 11.7. The normalized spacial score (nSPS) is 25.0. The molecule has 4 nitrogen and oxygen atoms in total. The van der Waals surface area contributed by atoms with Crippen molar-refractivity contribution in [2.24, 2.45) is 0 Å². The first-order chi connectivity index (χ1) is 8.69. The lowest BCUT2D eigenvalue weighted by Crippen LogP contribution is -2.43. The third kappa shape index (κ3) is 3.54. The smallest absolute Gasteiger partial charge is 0.221 e. The third-order valence-electron chi connectivity index (χ3n) is 3.18. The summed E-state index contributed by atoms with van der Waals surface area (Å²) in [5.41, 5.74) is 1.25. The van der Waals surface area contributed by atoms with Crippen LogP contribution in [-0.2, 0) is 9.53 Å². The molecule has 100 valence electrons. The number of rotatable bonds is 4. The standard InChI is InChI=1S/C13H20N2O2S/c1-10-7-15(5-3-13(16)14-2)8-12(17-10)11-4-6-18-9-11/h4,6,9-10,12H,3,5,7-8H2,1-2H3,(H,14,16)/t10-,12-/m1/s1. The minimum Gasteiger partial charge on any atom is -0.368 e. The molecule has 1 fully saturated rings. The molecule has 1 aliphatic rings. The highest BCUT2D eigenvalue weighted by atomic mass is 32.1. The van der Waals surface area contributed by atoms with Crippen LogP contribution in [0.2, 0.25) is 0 Å². The van der Waals surface area contributed by atoms with Crippen molar-refractivity contribution in [1.82, 2.24) is 10.2 Å². The lowest BCUT2D eigenvalue weighted by atomic mass is 10.1. The molecule has 1 aromatic heterocycles. The average Bonchev–Trinajstić information content (AvgIpc) is 2.89. The maximum absolute atomic E-state index is 11.3. The van der Waals surface area contributed by atoms with E-state index in [1.165, 1.54) is 5.56 Å². The summed E-state index contributed by atoms with van der Waals surface area (Å²) in [5.74, 6) is 0.0984.